The maximum atomic E-state index is 12.1. The Hall–Kier alpha value is -0.570. The molecule has 0 radical (unpaired) electrons. The summed E-state index contributed by atoms with van der Waals surface area (Å²) in [6, 6.07) is 0. The number of likely N-dealkylation sites (tertiary alicyclic amines) is 1. The lowest BCUT2D eigenvalue weighted by molar-refractivity contribution is -0.131. The van der Waals surface area contributed by atoms with Gasteiger partial charge in [0.05, 0.1) is 0 Å². The normalized spacial score (nSPS) is 21.8. The molecule has 1 atom stereocenters. The molecule has 1 aliphatic heterocycles. The van der Waals surface area contributed by atoms with Gasteiger partial charge in [0.2, 0.25) is 5.91 Å². The Morgan fingerprint density at radius 3 is 2.61 bits per heavy atom. The summed E-state index contributed by atoms with van der Waals surface area (Å²) in [4.78, 5) is 14.1. The van der Waals surface area contributed by atoms with Gasteiger partial charge in [-0.2, -0.15) is 0 Å². The van der Waals surface area contributed by atoms with Gasteiger partial charge in [0.15, 0.2) is 0 Å². The van der Waals surface area contributed by atoms with E-state index in [-0.39, 0.29) is 0 Å². The first-order chi connectivity index (χ1) is 8.45. The van der Waals surface area contributed by atoms with Gasteiger partial charge < -0.3 is 10.2 Å². The number of rotatable bonds is 4. The van der Waals surface area contributed by atoms with Crippen LogP contribution in [-0.4, -0.2) is 37.0 Å². The van der Waals surface area contributed by atoms with Gasteiger partial charge in [-0.3, -0.25) is 4.79 Å². The Morgan fingerprint density at radius 2 is 2.00 bits per heavy atom. The van der Waals surface area contributed by atoms with Gasteiger partial charge in [-0.1, -0.05) is 27.7 Å². The van der Waals surface area contributed by atoms with Gasteiger partial charge in [-0.25, -0.2) is 0 Å². The van der Waals surface area contributed by atoms with Crippen LogP contribution in [0.5, 0.6) is 0 Å². The van der Waals surface area contributed by atoms with Crippen LogP contribution < -0.4 is 5.32 Å². The van der Waals surface area contributed by atoms with Crippen LogP contribution in [0.15, 0.2) is 0 Å². The molecular weight excluding hydrogens is 224 g/mol. The molecule has 1 amide bonds. The Bertz CT molecular complexity index is 258. The lowest BCUT2D eigenvalue weighted by Gasteiger charge is -2.29. The number of hydrogen-bond donors (Lipinski definition) is 1. The quantitative estimate of drug-likeness (QED) is 0.782. The molecule has 0 aromatic heterocycles. The van der Waals surface area contributed by atoms with Crippen LogP contribution in [-0.2, 0) is 4.79 Å². The maximum absolute atomic E-state index is 12.1. The van der Waals surface area contributed by atoms with Crippen molar-refractivity contribution in [3.8, 4) is 0 Å². The second kappa shape index (κ2) is 7.13. The maximum Gasteiger partial charge on any atom is 0.223 e. The lowest BCUT2D eigenvalue weighted by Crippen LogP contribution is -2.34. The highest BCUT2D eigenvalue weighted by Gasteiger charge is 2.28. The fourth-order valence-electron chi connectivity index (χ4n) is 2.74. The van der Waals surface area contributed by atoms with Crippen molar-refractivity contribution in [1.82, 2.24) is 10.2 Å². The van der Waals surface area contributed by atoms with E-state index < -0.39 is 0 Å². The third-order valence-electron chi connectivity index (χ3n) is 4.07. The van der Waals surface area contributed by atoms with E-state index in [0.29, 0.717) is 17.7 Å². The van der Waals surface area contributed by atoms with E-state index in [9.17, 15) is 4.79 Å². The number of carbonyl (C=O) groups excluding carboxylic acids is 1. The SMILES string of the molecule is CCNCCC(=O)N1CCCC(C(C)(C)C)CC1. The van der Waals surface area contributed by atoms with Gasteiger partial charge in [-0.05, 0) is 37.1 Å². The molecule has 1 rings (SSSR count). The fourth-order valence-corrected chi connectivity index (χ4v) is 2.74. The smallest absolute Gasteiger partial charge is 0.223 e. The van der Waals surface area contributed by atoms with Crippen molar-refractivity contribution in [2.24, 2.45) is 11.3 Å². The molecule has 0 spiro atoms. The minimum absolute atomic E-state index is 0.325. The van der Waals surface area contributed by atoms with Crippen molar-refractivity contribution in [3.63, 3.8) is 0 Å². The van der Waals surface area contributed by atoms with E-state index in [1.54, 1.807) is 0 Å². The van der Waals surface area contributed by atoms with Crippen molar-refractivity contribution in [3.05, 3.63) is 0 Å². The third kappa shape index (κ3) is 4.97. The number of nitrogens with one attached hydrogen (secondary N) is 1. The summed E-state index contributed by atoms with van der Waals surface area (Å²) < 4.78 is 0. The first-order valence-electron chi connectivity index (χ1n) is 7.43. The molecule has 0 aliphatic carbocycles. The highest BCUT2D eigenvalue weighted by Crippen LogP contribution is 2.34. The predicted octanol–water partition coefficient (Wildman–Crippen LogP) is 2.66. The van der Waals surface area contributed by atoms with E-state index in [1.807, 2.05) is 0 Å². The molecule has 1 N–H and O–H groups in total. The molecule has 1 fully saturated rings. The molecule has 0 bridgehead atoms. The van der Waals surface area contributed by atoms with Crippen LogP contribution in [0.4, 0.5) is 0 Å². The highest BCUT2D eigenvalue weighted by atomic mass is 16.2. The summed E-state index contributed by atoms with van der Waals surface area (Å²) in [6.45, 7) is 12.7. The summed E-state index contributed by atoms with van der Waals surface area (Å²) in [7, 11) is 0. The van der Waals surface area contributed by atoms with Crippen molar-refractivity contribution >= 4 is 5.91 Å². The Kier molecular flexibility index (Phi) is 6.13. The zero-order valence-corrected chi connectivity index (χ0v) is 12.6. The average molecular weight is 254 g/mol. The zero-order valence-electron chi connectivity index (χ0n) is 12.6. The summed E-state index contributed by atoms with van der Waals surface area (Å²) in [5, 5.41) is 3.22. The molecule has 0 aromatic carbocycles. The molecule has 1 unspecified atom stereocenters. The summed E-state index contributed by atoms with van der Waals surface area (Å²) in [5.74, 6) is 1.08. The topological polar surface area (TPSA) is 32.3 Å². The van der Waals surface area contributed by atoms with Gasteiger partial charge in [0.25, 0.3) is 0 Å². The van der Waals surface area contributed by atoms with Crippen LogP contribution in [0.1, 0.15) is 53.4 Å². The number of hydrogen-bond acceptors (Lipinski definition) is 2. The second-order valence-electron chi connectivity index (χ2n) is 6.48. The third-order valence-corrected chi connectivity index (χ3v) is 4.07. The first-order valence-corrected chi connectivity index (χ1v) is 7.43. The predicted molar refractivity (Wildman–Crippen MR) is 76.5 cm³/mol. The second-order valence-corrected chi connectivity index (χ2v) is 6.48. The van der Waals surface area contributed by atoms with Gasteiger partial charge >= 0.3 is 0 Å². The first kappa shape index (κ1) is 15.5. The summed E-state index contributed by atoms with van der Waals surface area (Å²) in [5.41, 5.74) is 0.378. The minimum atomic E-state index is 0.325. The molecular formula is C15H30N2O. The molecule has 1 heterocycles. The minimum Gasteiger partial charge on any atom is -0.343 e. The molecule has 0 saturated carbocycles. The van der Waals surface area contributed by atoms with Crippen molar-refractivity contribution < 1.29 is 4.79 Å². The van der Waals surface area contributed by atoms with Crippen LogP contribution in [0.25, 0.3) is 0 Å². The molecule has 1 aliphatic rings. The van der Waals surface area contributed by atoms with Crippen LogP contribution >= 0.6 is 0 Å². The van der Waals surface area contributed by atoms with Gasteiger partial charge in [0.1, 0.15) is 0 Å². The Morgan fingerprint density at radius 1 is 1.28 bits per heavy atom. The standard InChI is InChI=1S/C15H30N2O/c1-5-16-10-8-14(18)17-11-6-7-13(9-12-17)15(2,3)4/h13,16H,5-12H2,1-4H3. The average Bonchev–Trinajstić information content (AvgIpc) is 2.54. The largest absolute Gasteiger partial charge is 0.343 e. The highest BCUT2D eigenvalue weighted by molar-refractivity contribution is 5.76. The molecule has 3 nitrogen and oxygen atoms in total. The van der Waals surface area contributed by atoms with E-state index in [4.69, 9.17) is 0 Å². The monoisotopic (exact) mass is 254 g/mol. The van der Waals surface area contributed by atoms with Crippen LogP contribution in [0, 0.1) is 11.3 Å². The van der Waals surface area contributed by atoms with Crippen molar-refractivity contribution in [1.29, 1.82) is 0 Å². The summed E-state index contributed by atoms with van der Waals surface area (Å²) in [6.07, 6.45) is 4.24. The number of nitrogens with zero attached hydrogens (tertiary/aromatic N) is 1. The van der Waals surface area contributed by atoms with Crippen LogP contribution in [0.3, 0.4) is 0 Å². The molecule has 1 saturated heterocycles. The molecule has 3 heteroatoms. The van der Waals surface area contributed by atoms with Gasteiger partial charge in [-0.15, -0.1) is 0 Å². The number of amides is 1. The van der Waals surface area contributed by atoms with E-state index in [2.05, 4.69) is 37.9 Å². The molecule has 106 valence electrons. The molecule has 18 heavy (non-hydrogen) atoms. The summed E-state index contributed by atoms with van der Waals surface area (Å²) >= 11 is 0. The van der Waals surface area contributed by atoms with Crippen LogP contribution in [0.2, 0.25) is 0 Å². The fraction of sp³-hybridized carbons (Fsp3) is 0.933. The van der Waals surface area contributed by atoms with Crippen molar-refractivity contribution in [2.45, 2.75) is 53.4 Å². The zero-order chi connectivity index (χ0) is 13.6. The van der Waals surface area contributed by atoms with E-state index >= 15 is 0 Å². The Labute approximate surface area is 112 Å². The van der Waals surface area contributed by atoms with E-state index in [1.165, 1.54) is 6.42 Å². The Balaban J connectivity index is 2.39. The van der Waals surface area contributed by atoms with Crippen molar-refractivity contribution in [2.75, 3.05) is 26.2 Å². The lowest BCUT2D eigenvalue weighted by atomic mass is 9.77. The van der Waals surface area contributed by atoms with Gasteiger partial charge in [0, 0.05) is 26.1 Å². The molecule has 0 aromatic rings. The number of carbonyl (C=O) groups is 1. The van der Waals surface area contributed by atoms with E-state index in [0.717, 1.165) is 44.9 Å².